The monoisotopic (exact) mass is 519 g/mol. The van der Waals surface area contributed by atoms with E-state index in [0.29, 0.717) is 11.4 Å². The van der Waals surface area contributed by atoms with Crippen LogP contribution in [0.25, 0.3) is 22.8 Å². The largest absolute Gasteiger partial charge is 0.324 e. The predicted octanol–water partition coefficient (Wildman–Crippen LogP) is 7.86. The summed E-state index contributed by atoms with van der Waals surface area (Å²) in [6.45, 7) is 18.0. The van der Waals surface area contributed by atoms with Gasteiger partial charge in [-0.15, -0.1) is 0 Å². The van der Waals surface area contributed by atoms with Gasteiger partial charge in [0.05, 0.1) is 6.20 Å². The number of hydrogen-bond acceptors (Lipinski definition) is 5. The average Bonchev–Trinajstić information content (AvgIpc) is 2.89. The SMILES string of the molecule is C/C(=C\c1cccc(-c2cc(F)ccc2C(C)N)c1C)c1nc(C)ncc1F.C=NN(CCC)/C(C)=C\C. The highest BCUT2D eigenvalue weighted by atomic mass is 19.1. The standard InChI is InChI=1S/C23H23F2N3.C8H16N2/c1-13(23-22(25)12-27-16(4)28-23)10-17-6-5-7-19(14(17)2)21-11-18(24)8-9-20(21)15(3)26;1-5-7-10(9-4)8(3)6-2/h5-12,15H,26H2,1-4H3;6H,4-5,7H2,1-3H3/b13-10+;8-6-. The fourth-order valence-electron chi connectivity index (χ4n) is 4.01. The van der Waals surface area contributed by atoms with Crippen molar-refractivity contribution in [3.8, 4) is 11.1 Å². The fourth-order valence-corrected chi connectivity index (χ4v) is 4.01. The predicted molar refractivity (Wildman–Crippen MR) is 155 cm³/mol. The Hall–Kier alpha value is -3.71. The highest BCUT2D eigenvalue weighted by Crippen LogP contribution is 2.33. The molecule has 2 N–H and O–H groups in total. The van der Waals surface area contributed by atoms with Crippen molar-refractivity contribution < 1.29 is 8.78 Å². The van der Waals surface area contributed by atoms with E-state index in [0.717, 1.165) is 46.5 Å². The Morgan fingerprint density at radius 2 is 1.87 bits per heavy atom. The van der Waals surface area contributed by atoms with Gasteiger partial charge >= 0.3 is 0 Å². The van der Waals surface area contributed by atoms with Crippen LogP contribution in [0.4, 0.5) is 8.78 Å². The summed E-state index contributed by atoms with van der Waals surface area (Å²) in [7, 11) is 0. The minimum atomic E-state index is -0.461. The molecular weight excluding hydrogens is 480 g/mol. The Morgan fingerprint density at radius 1 is 1.16 bits per heavy atom. The maximum Gasteiger partial charge on any atom is 0.167 e. The molecule has 0 saturated heterocycles. The summed E-state index contributed by atoms with van der Waals surface area (Å²) in [6, 6.07) is 10.2. The van der Waals surface area contributed by atoms with Gasteiger partial charge in [0.2, 0.25) is 0 Å². The van der Waals surface area contributed by atoms with E-state index in [1.54, 1.807) is 13.0 Å². The lowest BCUT2D eigenvalue weighted by atomic mass is 9.90. The molecule has 38 heavy (non-hydrogen) atoms. The van der Waals surface area contributed by atoms with E-state index in [9.17, 15) is 8.78 Å². The first-order valence-electron chi connectivity index (χ1n) is 12.7. The van der Waals surface area contributed by atoms with Gasteiger partial charge in [-0.1, -0.05) is 37.3 Å². The Bertz CT molecular complexity index is 1310. The molecule has 0 radical (unpaired) electrons. The molecule has 0 fully saturated rings. The van der Waals surface area contributed by atoms with Crippen LogP contribution in [0.5, 0.6) is 0 Å². The average molecular weight is 520 g/mol. The molecule has 0 bridgehead atoms. The molecule has 7 heteroatoms. The quantitative estimate of drug-likeness (QED) is 0.243. The second-order valence-electron chi connectivity index (χ2n) is 9.18. The summed E-state index contributed by atoms with van der Waals surface area (Å²) in [6.07, 6.45) is 6.20. The van der Waals surface area contributed by atoms with Crippen LogP contribution in [0.15, 0.2) is 59.5 Å². The van der Waals surface area contributed by atoms with Gasteiger partial charge in [0, 0.05) is 25.0 Å². The minimum Gasteiger partial charge on any atom is -0.324 e. The number of hydrazone groups is 1. The molecule has 5 nitrogen and oxygen atoms in total. The lowest BCUT2D eigenvalue weighted by Gasteiger charge is -2.17. The van der Waals surface area contributed by atoms with Gasteiger partial charge in [0.1, 0.15) is 17.3 Å². The van der Waals surface area contributed by atoms with Crippen LogP contribution in [-0.4, -0.2) is 28.2 Å². The van der Waals surface area contributed by atoms with Crippen molar-refractivity contribution in [1.82, 2.24) is 15.0 Å². The number of aryl methyl sites for hydroxylation is 1. The van der Waals surface area contributed by atoms with Crippen LogP contribution in [0.3, 0.4) is 0 Å². The van der Waals surface area contributed by atoms with E-state index in [-0.39, 0.29) is 17.6 Å². The summed E-state index contributed by atoms with van der Waals surface area (Å²) >= 11 is 0. The van der Waals surface area contributed by atoms with Crippen LogP contribution >= 0.6 is 0 Å². The van der Waals surface area contributed by atoms with Crippen LogP contribution in [0, 0.1) is 25.5 Å². The first kappa shape index (κ1) is 30.5. The van der Waals surface area contributed by atoms with Crippen LogP contribution < -0.4 is 5.73 Å². The van der Waals surface area contributed by atoms with E-state index in [4.69, 9.17) is 5.73 Å². The summed E-state index contributed by atoms with van der Waals surface area (Å²) in [5.41, 5.74) is 12.6. The molecule has 0 amide bonds. The Kier molecular flexibility index (Phi) is 11.5. The summed E-state index contributed by atoms with van der Waals surface area (Å²) in [5, 5.41) is 5.77. The molecule has 0 saturated carbocycles. The fraction of sp³-hybridized carbons (Fsp3) is 0.323. The van der Waals surface area contributed by atoms with E-state index in [1.807, 2.05) is 70.0 Å². The first-order valence-corrected chi connectivity index (χ1v) is 12.7. The van der Waals surface area contributed by atoms with Gasteiger partial charge in [-0.2, -0.15) is 5.10 Å². The van der Waals surface area contributed by atoms with Crippen LogP contribution in [0.2, 0.25) is 0 Å². The molecular formula is C31H39F2N5. The number of allylic oxidation sites excluding steroid dienone is 3. The molecule has 1 aromatic heterocycles. The number of halogens is 2. The maximum atomic E-state index is 14.1. The Labute approximate surface area is 225 Å². The van der Waals surface area contributed by atoms with Crippen LogP contribution in [-0.2, 0) is 0 Å². The normalized spacial score (nSPS) is 12.5. The molecule has 3 rings (SSSR count). The number of benzene rings is 2. The van der Waals surface area contributed by atoms with Crippen molar-refractivity contribution in [2.75, 3.05) is 6.54 Å². The number of rotatable bonds is 8. The van der Waals surface area contributed by atoms with Gasteiger partial charge in [-0.3, -0.25) is 5.01 Å². The first-order chi connectivity index (χ1) is 18.0. The molecule has 0 aliphatic carbocycles. The zero-order valence-electron chi connectivity index (χ0n) is 23.5. The molecule has 1 atom stereocenters. The molecule has 0 aliphatic rings. The van der Waals surface area contributed by atoms with Crippen molar-refractivity contribution >= 4 is 18.4 Å². The van der Waals surface area contributed by atoms with E-state index in [1.165, 1.54) is 18.3 Å². The van der Waals surface area contributed by atoms with Gasteiger partial charge in [0.15, 0.2) is 5.82 Å². The van der Waals surface area contributed by atoms with Gasteiger partial charge in [0.25, 0.3) is 0 Å². The number of aromatic nitrogens is 2. The van der Waals surface area contributed by atoms with E-state index >= 15 is 0 Å². The van der Waals surface area contributed by atoms with Crippen molar-refractivity contribution in [3.63, 3.8) is 0 Å². The third-order valence-corrected chi connectivity index (χ3v) is 6.21. The molecule has 3 aromatic rings. The highest BCUT2D eigenvalue weighted by Gasteiger charge is 2.14. The molecule has 2 aromatic carbocycles. The third kappa shape index (κ3) is 7.89. The molecule has 0 aliphatic heterocycles. The summed E-state index contributed by atoms with van der Waals surface area (Å²) in [4.78, 5) is 8.08. The second kappa shape index (κ2) is 14.3. The zero-order chi connectivity index (χ0) is 28.4. The van der Waals surface area contributed by atoms with E-state index in [2.05, 4.69) is 28.7 Å². The highest BCUT2D eigenvalue weighted by molar-refractivity contribution is 5.83. The van der Waals surface area contributed by atoms with E-state index < -0.39 is 5.82 Å². The number of nitrogens with two attached hydrogens (primary N) is 1. The zero-order valence-corrected chi connectivity index (χ0v) is 23.5. The van der Waals surface area contributed by atoms with Crippen molar-refractivity contribution in [2.24, 2.45) is 10.8 Å². The summed E-state index contributed by atoms with van der Waals surface area (Å²) < 4.78 is 28.1. The minimum absolute atomic E-state index is 0.228. The summed E-state index contributed by atoms with van der Waals surface area (Å²) in [5.74, 6) is -0.261. The van der Waals surface area contributed by atoms with Gasteiger partial charge < -0.3 is 5.73 Å². The molecule has 1 unspecified atom stereocenters. The molecule has 0 spiro atoms. The van der Waals surface area contributed by atoms with Crippen LogP contribution in [0.1, 0.15) is 75.3 Å². The number of nitrogens with zero attached hydrogens (tertiary/aromatic N) is 4. The van der Waals surface area contributed by atoms with Crippen molar-refractivity contribution in [1.29, 1.82) is 0 Å². The van der Waals surface area contributed by atoms with Crippen molar-refractivity contribution in [3.05, 3.63) is 94.2 Å². The third-order valence-electron chi connectivity index (χ3n) is 6.21. The molecule has 202 valence electrons. The number of hydrogen-bond donors (Lipinski definition) is 1. The maximum absolute atomic E-state index is 14.1. The second-order valence-corrected chi connectivity index (χ2v) is 9.18. The lowest BCUT2D eigenvalue weighted by molar-refractivity contribution is 0.367. The molecule has 1 heterocycles. The van der Waals surface area contributed by atoms with Gasteiger partial charge in [-0.25, -0.2) is 18.7 Å². The Balaban J connectivity index is 0.000000432. The Morgan fingerprint density at radius 3 is 2.47 bits per heavy atom. The lowest BCUT2D eigenvalue weighted by Crippen LogP contribution is -2.14. The smallest absolute Gasteiger partial charge is 0.167 e. The topological polar surface area (TPSA) is 67.4 Å². The van der Waals surface area contributed by atoms with Crippen molar-refractivity contribution in [2.45, 2.75) is 60.9 Å². The van der Waals surface area contributed by atoms with Gasteiger partial charge in [-0.05, 0) is 99.6 Å².